The van der Waals surface area contributed by atoms with Gasteiger partial charge in [0.05, 0.1) is 19.8 Å². The third-order valence-electron chi connectivity index (χ3n) is 2.75. The Labute approximate surface area is 95.4 Å². The van der Waals surface area contributed by atoms with E-state index in [0.29, 0.717) is 12.2 Å². The van der Waals surface area contributed by atoms with Gasteiger partial charge >= 0.3 is 0 Å². The number of ketones is 1. The molecule has 2 rings (SSSR count). The summed E-state index contributed by atoms with van der Waals surface area (Å²) in [7, 11) is 0. The molecular formula is C13H16O3. The fraction of sp³-hybridized carbons (Fsp3) is 0.462. The fourth-order valence-electron chi connectivity index (χ4n) is 1.58. The molecule has 16 heavy (non-hydrogen) atoms. The first-order valence-electron chi connectivity index (χ1n) is 5.41. The van der Waals surface area contributed by atoms with E-state index >= 15 is 0 Å². The van der Waals surface area contributed by atoms with Crippen LogP contribution in [0.15, 0.2) is 24.3 Å². The summed E-state index contributed by atoms with van der Waals surface area (Å²) in [5.41, 5.74) is 0.865. The van der Waals surface area contributed by atoms with Gasteiger partial charge in [0.1, 0.15) is 5.75 Å². The summed E-state index contributed by atoms with van der Waals surface area (Å²) in [5.74, 6) is 0.879. The maximum absolute atomic E-state index is 11.1. The van der Waals surface area contributed by atoms with Crippen LogP contribution in [0.1, 0.15) is 24.2 Å². The fourth-order valence-corrected chi connectivity index (χ4v) is 1.58. The molecule has 0 amide bonds. The molecule has 1 saturated heterocycles. The van der Waals surface area contributed by atoms with Gasteiger partial charge in [-0.1, -0.05) is 6.92 Å². The summed E-state index contributed by atoms with van der Waals surface area (Å²) >= 11 is 0. The monoisotopic (exact) mass is 220 g/mol. The molecule has 0 aliphatic carbocycles. The Morgan fingerprint density at radius 3 is 2.44 bits per heavy atom. The molecule has 1 heterocycles. The van der Waals surface area contributed by atoms with Gasteiger partial charge in [0.25, 0.3) is 0 Å². The van der Waals surface area contributed by atoms with Crippen LogP contribution in [0.3, 0.4) is 0 Å². The SMILES string of the molecule is CC(=O)c1ccc(OCC2(C)COC2)cc1. The Bertz CT molecular complexity index is 377. The van der Waals surface area contributed by atoms with Gasteiger partial charge in [-0.05, 0) is 31.2 Å². The first-order valence-corrected chi connectivity index (χ1v) is 5.41. The summed E-state index contributed by atoms with van der Waals surface area (Å²) in [5, 5.41) is 0. The van der Waals surface area contributed by atoms with Gasteiger partial charge in [-0.2, -0.15) is 0 Å². The van der Waals surface area contributed by atoms with Crippen molar-refractivity contribution in [2.75, 3.05) is 19.8 Å². The Kier molecular flexibility index (Phi) is 2.97. The normalized spacial score (nSPS) is 17.6. The highest BCUT2D eigenvalue weighted by Gasteiger charge is 2.34. The molecule has 0 radical (unpaired) electrons. The first-order chi connectivity index (χ1) is 7.59. The lowest BCUT2D eigenvalue weighted by Crippen LogP contribution is -2.44. The second kappa shape index (κ2) is 4.26. The van der Waals surface area contributed by atoms with Crippen molar-refractivity contribution in [3.63, 3.8) is 0 Å². The highest BCUT2D eigenvalue weighted by atomic mass is 16.5. The van der Waals surface area contributed by atoms with Crippen LogP contribution in [0.4, 0.5) is 0 Å². The number of hydrogen-bond acceptors (Lipinski definition) is 3. The molecule has 0 spiro atoms. The lowest BCUT2D eigenvalue weighted by molar-refractivity contribution is -0.120. The molecule has 0 atom stereocenters. The van der Waals surface area contributed by atoms with Crippen LogP contribution in [0.25, 0.3) is 0 Å². The molecule has 86 valence electrons. The molecule has 3 heteroatoms. The Hall–Kier alpha value is -1.35. The van der Waals surface area contributed by atoms with E-state index in [1.54, 1.807) is 19.1 Å². The van der Waals surface area contributed by atoms with Crippen LogP contribution in [0.5, 0.6) is 5.75 Å². The molecule has 0 N–H and O–H groups in total. The lowest BCUT2D eigenvalue weighted by Gasteiger charge is -2.37. The first kappa shape index (κ1) is 11.1. The van der Waals surface area contributed by atoms with Crippen molar-refractivity contribution in [3.8, 4) is 5.75 Å². The molecule has 1 aromatic carbocycles. The summed E-state index contributed by atoms with van der Waals surface area (Å²) in [6.07, 6.45) is 0. The summed E-state index contributed by atoms with van der Waals surface area (Å²) in [6, 6.07) is 7.24. The zero-order chi connectivity index (χ0) is 11.6. The van der Waals surface area contributed by atoms with E-state index in [1.807, 2.05) is 12.1 Å². The molecule has 1 aliphatic rings. The number of ether oxygens (including phenoxy) is 2. The molecule has 1 aromatic rings. The van der Waals surface area contributed by atoms with Crippen LogP contribution in [0, 0.1) is 5.41 Å². The number of rotatable bonds is 4. The van der Waals surface area contributed by atoms with Crippen LogP contribution < -0.4 is 4.74 Å². The van der Waals surface area contributed by atoms with Crippen molar-refractivity contribution in [2.24, 2.45) is 5.41 Å². The molecule has 0 aromatic heterocycles. The Morgan fingerprint density at radius 1 is 1.38 bits per heavy atom. The predicted molar refractivity (Wildman–Crippen MR) is 60.9 cm³/mol. The van der Waals surface area contributed by atoms with Gasteiger partial charge in [0.15, 0.2) is 5.78 Å². The summed E-state index contributed by atoms with van der Waals surface area (Å²) in [4.78, 5) is 11.1. The zero-order valence-electron chi connectivity index (χ0n) is 9.66. The van der Waals surface area contributed by atoms with E-state index in [9.17, 15) is 4.79 Å². The molecule has 1 fully saturated rings. The zero-order valence-corrected chi connectivity index (χ0v) is 9.66. The largest absolute Gasteiger partial charge is 0.493 e. The topological polar surface area (TPSA) is 35.5 Å². The van der Waals surface area contributed by atoms with Crippen molar-refractivity contribution >= 4 is 5.78 Å². The molecule has 3 nitrogen and oxygen atoms in total. The van der Waals surface area contributed by atoms with Gasteiger partial charge in [-0.15, -0.1) is 0 Å². The molecule has 0 saturated carbocycles. The molecule has 0 unspecified atom stereocenters. The lowest BCUT2D eigenvalue weighted by atomic mass is 9.90. The maximum Gasteiger partial charge on any atom is 0.159 e. The number of Topliss-reactive ketones (excluding diaryl/α,β-unsaturated/α-hetero) is 1. The smallest absolute Gasteiger partial charge is 0.159 e. The molecular weight excluding hydrogens is 204 g/mol. The Balaban J connectivity index is 1.92. The van der Waals surface area contributed by atoms with E-state index in [2.05, 4.69) is 6.92 Å². The van der Waals surface area contributed by atoms with Crippen LogP contribution in [0.2, 0.25) is 0 Å². The highest BCUT2D eigenvalue weighted by Crippen LogP contribution is 2.27. The Morgan fingerprint density at radius 2 is 2.00 bits per heavy atom. The number of carbonyl (C=O) groups excluding carboxylic acids is 1. The van der Waals surface area contributed by atoms with E-state index in [-0.39, 0.29) is 11.2 Å². The van der Waals surface area contributed by atoms with Crippen LogP contribution >= 0.6 is 0 Å². The van der Waals surface area contributed by atoms with Gasteiger partial charge in [-0.3, -0.25) is 4.79 Å². The van der Waals surface area contributed by atoms with E-state index in [4.69, 9.17) is 9.47 Å². The minimum Gasteiger partial charge on any atom is -0.493 e. The van der Waals surface area contributed by atoms with Crippen molar-refractivity contribution in [2.45, 2.75) is 13.8 Å². The second-order valence-electron chi connectivity index (χ2n) is 4.67. The quantitative estimate of drug-likeness (QED) is 0.730. The average molecular weight is 220 g/mol. The van der Waals surface area contributed by atoms with Crippen molar-refractivity contribution in [1.82, 2.24) is 0 Å². The minimum absolute atomic E-state index is 0.0749. The van der Waals surface area contributed by atoms with E-state index in [1.165, 1.54) is 0 Å². The van der Waals surface area contributed by atoms with Crippen LogP contribution in [-0.2, 0) is 4.74 Å². The van der Waals surface area contributed by atoms with Crippen molar-refractivity contribution in [1.29, 1.82) is 0 Å². The molecule has 1 aliphatic heterocycles. The van der Waals surface area contributed by atoms with Gasteiger partial charge in [0, 0.05) is 11.0 Å². The third kappa shape index (κ3) is 2.42. The van der Waals surface area contributed by atoms with E-state index < -0.39 is 0 Å². The van der Waals surface area contributed by atoms with Gasteiger partial charge in [0.2, 0.25) is 0 Å². The summed E-state index contributed by atoms with van der Waals surface area (Å²) in [6.45, 7) is 5.88. The van der Waals surface area contributed by atoms with Gasteiger partial charge in [-0.25, -0.2) is 0 Å². The maximum atomic E-state index is 11.1. The van der Waals surface area contributed by atoms with Crippen molar-refractivity contribution < 1.29 is 14.3 Å². The number of hydrogen-bond donors (Lipinski definition) is 0. The second-order valence-corrected chi connectivity index (χ2v) is 4.67. The predicted octanol–water partition coefficient (Wildman–Crippen LogP) is 2.30. The number of carbonyl (C=O) groups is 1. The average Bonchev–Trinajstić information content (AvgIpc) is 2.24. The van der Waals surface area contributed by atoms with Gasteiger partial charge < -0.3 is 9.47 Å². The minimum atomic E-state index is 0.0749. The standard InChI is InChI=1S/C13H16O3/c1-10(14)11-3-5-12(6-4-11)16-9-13(2)7-15-8-13/h3-6H,7-9H2,1-2H3. The highest BCUT2D eigenvalue weighted by molar-refractivity contribution is 5.94. The molecule has 0 bridgehead atoms. The van der Waals surface area contributed by atoms with Crippen molar-refractivity contribution in [3.05, 3.63) is 29.8 Å². The van der Waals surface area contributed by atoms with E-state index in [0.717, 1.165) is 19.0 Å². The third-order valence-corrected chi connectivity index (χ3v) is 2.75. The summed E-state index contributed by atoms with van der Waals surface area (Å²) < 4.78 is 10.8. The number of benzene rings is 1. The van der Waals surface area contributed by atoms with Crippen LogP contribution in [-0.4, -0.2) is 25.6 Å².